The summed E-state index contributed by atoms with van der Waals surface area (Å²) in [5.74, 6) is 0.308. The molecule has 1 unspecified atom stereocenters. The highest BCUT2D eigenvalue weighted by molar-refractivity contribution is 5.99. The predicted octanol–water partition coefficient (Wildman–Crippen LogP) is 6.68. The molecular formula is C41H57N5O6. The molecule has 11 heteroatoms. The third-order valence-corrected chi connectivity index (χ3v) is 9.41. The average Bonchev–Trinajstić information content (AvgIpc) is 3.54. The number of carbonyl (C=O) groups is 4. The van der Waals surface area contributed by atoms with Gasteiger partial charge >= 0.3 is 6.09 Å². The first-order valence-corrected chi connectivity index (χ1v) is 18.4. The van der Waals surface area contributed by atoms with Gasteiger partial charge in [0, 0.05) is 32.0 Å². The molecule has 1 saturated heterocycles. The second-order valence-corrected chi connectivity index (χ2v) is 15.4. The Labute approximate surface area is 308 Å². The SMILES string of the molecule is COc1ccc(C(CCn2ccc(NC(=O)[C@@H](CCCc3ccccc3)NC(=O)C(C)(C)NC(=O)OC(C)(C)C)c2)C(=O)N2CCC(C)CC2)cc1. The summed E-state index contributed by atoms with van der Waals surface area (Å²) in [5.41, 5.74) is 0.594. The zero-order chi connectivity index (χ0) is 37.9. The number of aromatic nitrogens is 1. The molecule has 1 fully saturated rings. The number of aryl methyl sites for hydroxylation is 2. The number of alkyl carbamates (subject to hydrolysis) is 1. The molecule has 52 heavy (non-hydrogen) atoms. The molecule has 2 aromatic carbocycles. The average molecular weight is 716 g/mol. The molecular weight excluding hydrogens is 658 g/mol. The second kappa shape index (κ2) is 18.1. The first kappa shape index (κ1) is 40.0. The normalized spacial score (nSPS) is 14.9. The van der Waals surface area contributed by atoms with Crippen molar-refractivity contribution < 1.29 is 28.7 Å². The van der Waals surface area contributed by atoms with Crippen LogP contribution in [-0.2, 0) is 32.1 Å². The Morgan fingerprint density at radius 3 is 2.21 bits per heavy atom. The summed E-state index contributed by atoms with van der Waals surface area (Å²) in [7, 11) is 1.63. The van der Waals surface area contributed by atoms with Gasteiger partial charge < -0.3 is 34.9 Å². The van der Waals surface area contributed by atoms with E-state index in [1.807, 2.05) is 82.5 Å². The Morgan fingerprint density at radius 1 is 0.904 bits per heavy atom. The summed E-state index contributed by atoms with van der Waals surface area (Å²) in [6.45, 7) is 12.7. The highest BCUT2D eigenvalue weighted by atomic mass is 16.6. The number of nitrogens with one attached hydrogen (secondary N) is 3. The van der Waals surface area contributed by atoms with Crippen LogP contribution in [0, 0.1) is 5.92 Å². The van der Waals surface area contributed by atoms with Gasteiger partial charge in [-0.15, -0.1) is 0 Å². The van der Waals surface area contributed by atoms with Crippen molar-refractivity contribution in [3.8, 4) is 5.75 Å². The molecule has 2 heterocycles. The minimum Gasteiger partial charge on any atom is -0.497 e. The van der Waals surface area contributed by atoms with Crippen molar-refractivity contribution in [1.29, 1.82) is 0 Å². The minimum absolute atomic E-state index is 0.135. The van der Waals surface area contributed by atoms with Gasteiger partial charge in [0.25, 0.3) is 0 Å². The van der Waals surface area contributed by atoms with E-state index in [0.717, 1.165) is 49.2 Å². The largest absolute Gasteiger partial charge is 0.497 e. The molecule has 1 aromatic heterocycles. The zero-order valence-electron chi connectivity index (χ0n) is 31.9. The van der Waals surface area contributed by atoms with E-state index < -0.39 is 29.2 Å². The maximum absolute atomic E-state index is 13.8. The standard InChI is InChI=1S/C41H57N5O6/c1-29-20-26-46(27-21-29)37(48)34(31-16-18-33(51-7)19-17-31)23-25-45-24-22-32(28-45)42-36(47)35(15-11-14-30-12-9-8-10-13-30)43-38(49)41(5,6)44-39(50)52-40(2,3)4/h8-10,12-13,16-19,22,24,28-29,34-35H,11,14-15,20-21,23,25-27H2,1-7H3,(H,42,47)(H,43,49)(H,44,50)/t34?,35-/m1/s1. The molecule has 4 rings (SSSR count). The number of methoxy groups -OCH3 is 1. The van der Waals surface area contributed by atoms with E-state index in [1.165, 1.54) is 0 Å². The number of likely N-dealkylation sites (tertiary alicyclic amines) is 1. The highest BCUT2D eigenvalue weighted by Crippen LogP contribution is 2.28. The molecule has 0 bridgehead atoms. The smallest absolute Gasteiger partial charge is 0.408 e. The summed E-state index contributed by atoms with van der Waals surface area (Å²) in [6.07, 6.45) is 7.37. The lowest BCUT2D eigenvalue weighted by atomic mass is 9.92. The van der Waals surface area contributed by atoms with Gasteiger partial charge in [-0.25, -0.2) is 4.79 Å². The number of ether oxygens (including phenoxy) is 2. The molecule has 282 valence electrons. The van der Waals surface area contributed by atoms with Crippen LogP contribution < -0.4 is 20.7 Å². The van der Waals surface area contributed by atoms with E-state index >= 15 is 0 Å². The van der Waals surface area contributed by atoms with Crippen LogP contribution >= 0.6 is 0 Å². The number of anilines is 1. The van der Waals surface area contributed by atoms with Gasteiger partial charge in [0.05, 0.1) is 18.7 Å². The number of amides is 4. The number of hydrogen-bond donors (Lipinski definition) is 3. The van der Waals surface area contributed by atoms with Crippen LogP contribution in [0.4, 0.5) is 10.5 Å². The molecule has 1 aliphatic heterocycles. The molecule has 1 aliphatic rings. The van der Waals surface area contributed by atoms with E-state index in [1.54, 1.807) is 41.7 Å². The molecule has 0 radical (unpaired) electrons. The van der Waals surface area contributed by atoms with Crippen LogP contribution in [0.5, 0.6) is 5.75 Å². The Balaban J connectivity index is 1.43. The van der Waals surface area contributed by atoms with Crippen LogP contribution in [0.2, 0.25) is 0 Å². The van der Waals surface area contributed by atoms with Crippen molar-refractivity contribution in [2.75, 3.05) is 25.5 Å². The Hall–Kier alpha value is -4.80. The zero-order valence-corrected chi connectivity index (χ0v) is 31.9. The van der Waals surface area contributed by atoms with E-state index in [0.29, 0.717) is 37.4 Å². The van der Waals surface area contributed by atoms with Gasteiger partial charge in [-0.05, 0) is 108 Å². The number of carbonyl (C=O) groups excluding carboxylic acids is 4. The van der Waals surface area contributed by atoms with Gasteiger partial charge in [0.1, 0.15) is 22.9 Å². The summed E-state index contributed by atoms with van der Waals surface area (Å²) >= 11 is 0. The van der Waals surface area contributed by atoms with Gasteiger partial charge in [0.2, 0.25) is 17.7 Å². The van der Waals surface area contributed by atoms with E-state index in [4.69, 9.17) is 9.47 Å². The third-order valence-electron chi connectivity index (χ3n) is 9.41. The fourth-order valence-electron chi connectivity index (χ4n) is 6.26. The lowest BCUT2D eigenvalue weighted by Crippen LogP contribution is -2.58. The molecule has 0 aliphatic carbocycles. The lowest BCUT2D eigenvalue weighted by molar-refractivity contribution is -0.134. The predicted molar refractivity (Wildman–Crippen MR) is 203 cm³/mol. The molecule has 3 aromatic rings. The monoisotopic (exact) mass is 715 g/mol. The molecule has 0 spiro atoms. The summed E-state index contributed by atoms with van der Waals surface area (Å²) < 4.78 is 12.7. The maximum Gasteiger partial charge on any atom is 0.408 e. The van der Waals surface area contributed by atoms with Crippen molar-refractivity contribution in [3.63, 3.8) is 0 Å². The molecule has 2 atom stereocenters. The lowest BCUT2D eigenvalue weighted by Gasteiger charge is -2.33. The molecule has 11 nitrogen and oxygen atoms in total. The van der Waals surface area contributed by atoms with E-state index in [2.05, 4.69) is 22.9 Å². The topological polar surface area (TPSA) is 131 Å². The van der Waals surface area contributed by atoms with Crippen molar-refractivity contribution >= 4 is 29.5 Å². The van der Waals surface area contributed by atoms with Crippen LogP contribution in [0.1, 0.15) is 90.7 Å². The first-order chi connectivity index (χ1) is 24.6. The van der Waals surface area contributed by atoms with Crippen molar-refractivity contribution in [1.82, 2.24) is 20.1 Å². The van der Waals surface area contributed by atoms with Gasteiger partial charge in [-0.2, -0.15) is 0 Å². The Bertz CT molecular complexity index is 1620. The van der Waals surface area contributed by atoms with Crippen molar-refractivity contribution in [2.45, 2.75) is 110 Å². The van der Waals surface area contributed by atoms with Gasteiger partial charge in [-0.3, -0.25) is 14.4 Å². The highest BCUT2D eigenvalue weighted by Gasteiger charge is 2.34. The number of piperidine rings is 1. The first-order valence-electron chi connectivity index (χ1n) is 18.4. The van der Waals surface area contributed by atoms with E-state index in [-0.39, 0.29) is 17.7 Å². The quantitative estimate of drug-likeness (QED) is 0.161. The summed E-state index contributed by atoms with van der Waals surface area (Å²) in [4.78, 5) is 55.5. The Kier molecular flexibility index (Phi) is 13.9. The number of hydrogen-bond acceptors (Lipinski definition) is 6. The van der Waals surface area contributed by atoms with Crippen LogP contribution in [-0.4, -0.2) is 70.7 Å². The van der Waals surface area contributed by atoms with E-state index in [9.17, 15) is 19.2 Å². The molecule has 0 saturated carbocycles. The maximum atomic E-state index is 13.8. The van der Waals surface area contributed by atoms with Gasteiger partial charge in [-0.1, -0.05) is 49.4 Å². The number of benzene rings is 2. The minimum atomic E-state index is -1.34. The second-order valence-electron chi connectivity index (χ2n) is 15.4. The Morgan fingerprint density at radius 2 is 1.58 bits per heavy atom. The number of rotatable bonds is 15. The van der Waals surface area contributed by atoms with Crippen LogP contribution in [0.3, 0.4) is 0 Å². The fraction of sp³-hybridized carbons (Fsp3) is 0.512. The van der Waals surface area contributed by atoms with Gasteiger partial charge in [0.15, 0.2) is 0 Å². The summed E-state index contributed by atoms with van der Waals surface area (Å²) in [5, 5.41) is 8.47. The molecule has 4 amide bonds. The van der Waals surface area contributed by atoms with Crippen LogP contribution in [0.15, 0.2) is 73.1 Å². The summed E-state index contributed by atoms with van der Waals surface area (Å²) in [6, 6.07) is 18.6. The number of nitrogens with zero attached hydrogens (tertiary/aromatic N) is 2. The van der Waals surface area contributed by atoms with Crippen LogP contribution in [0.25, 0.3) is 0 Å². The van der Waals surface area contributed by atoms with Crippen molar-refractivity contribution in [3.05, 3.63) is 84.2 Å². The third kappa shape index (κ3) is 12.2. The fourth-order valence-corrected chi connectivity index (χ4v) is 6.26. The molecule has 3 N–H and O–H groups in total. The van der Waals surface area contributed by atoms with Crippen molar-refractivity contribution in [2.24, 2.45) is 5.92 Å².